The number of rotatable bonds is 7. The minimum absolute atomic E-state index is 0.904. The van der Waals surface area contributed by atoms with E-state index < -0.39 is 0 Å². The molecule has 0 aromatic carbocycles. The summed E-state index contributed by atoms with van der Waals surface area (Å²) in [6.45, 7) is 8.08. The van der Waals surface area contributed by atoms with Crippen LogP contribution >= 0.6 is 11.3 Å². The molecule has 3 nitrogen and oxygen atoms in total. The molecule has 4 heteroatoms. The molecule has 20 heavy (non-hydrogen) atoms. The minimum atomic E-state index is 0.904. The van der Waals surface area contributed by atoms with Gasteiger partial charge in [-0.25, -0.2) is 0 Å². The Bertz CT molecular complexity index is 536. The smallest absolute Gasteiger partial charge is 0.0547 e. The highest BCUT2D eigenvalue weighted by molar-refractivity contribution is 7.11. The minimum Gasteiger partial charge on any atom is -0.311 e. The van der Waals surface area contributed by atoms with E-state index in [1.54, 1.807) is 0 Å². The molecule has 0 atom stereocenters. The number of aryl methyl sites for hydroxylation is 2. The van der Waals surface area contributed by atoms with Crippen LogP contribution in [0.3, 0.4) is 0 Å². The summed E-state index contributed by atoms with van der Waals surface area (Å²) in [6, 6.07) is 10.6. The first kappa shape index (κ1) is 15.2. The number of likely N-dealkylation sites (N-methyl/N-ethyl adjacent to an activating group) is 1. The number of thiophene rings is 1. The molecule has 2 rings (SSSR count). The number of hydrogen-bond donors (Lipinski definition) is 1. The second kappa shape index (κ2) is 7.53. The van der Waals surface area contributed by atoms with Gasteiger partial charge < -0.3 is 5.32 Å². The summed E-state index contributed by atoms with van der Waals surface area (Å²) < 4.78 is 0. The lowest BCUT2D eigenvalue weighted by molar-refractivity contribution is 0.320. The predicted octanol–water partition coefficient (Wildman–Crippen LogP) is 2.98. The van der Waals surface area contributed by atoms with Gasteiger partial charge in [0.15, 0.2) is 0 Å². The SMILES string of the molecule is Cc1cccc(CN(C)CCNCc2ccc(C)s2)n1. The second-order valence-electron chi connectivity index (χ2n) is 5.20. The third-order valence-corrected chi connectivity index (χ3v) is 4.14. The van der Waals surface area contributed by atoms with Gasteiger partial charge >= 0.3 is 0 Å². The van der Waals surface area contributed by atoms with Crippen molar-refractivity contribution in [2.75, 3.05) is 20.1 Å². The van der Waals surface area contributed by atoms with Gasteiger partial charge in [-0.15, -0.1) is 11.3 Å². The maximum Gasteiger partial charge on any atom is 0.0547 e. The van der Waals surface area contributed by atoms with E-state index in [0.29, 0.717) is 0 Å². The molecule has 2 heterocycles. The van der Waals surface area contributed by atoms with E-state index in [9.17, 15) is 0 Å². The third kappa shape index (κ3) is 5.04. The van der Waals surface area contributed by atoms with Gasteiger partial charge in [-0.3, -0.25) is 9.88 Å². The first-order chi connectivity index (χ1) is 9.63. The Labute approximate surface area is 125 Å². The summed E-state index contributed by atoms with van der Waals surface area (Å²) in [6.07, 6.45) is 0. The molecule has 0 bridgehead atoms. The van der Waals surface area contributed by atoms with Crippen LogP contribution in [0.2, 0.25) is 0 Å². The summed E-state index contributed by atoms with van der Waals surface area (Å²) in [5, 5.41) is 3.49. The summed E-state index contributed by atoms with van der Waals surface area (Å²) in [4.78, 5) is 9.62. The van der Waals surface area contributed by atoms with Gasteiger partial charge in [0.05, 0.1) is 5.69 Å². The van der Waals surface area contributed by atoms with E-state index in [1.165, 1.54) is 9.75 Å². The molecule has 0 aliphatic rings. The standard InChI is InChI=1S/C16H23N3S/c1-13-5-4-6-15(18-13)12-19(3)10-9-17-11-16-8-7-14(2)20-16/h4-8,17H,9-12H2,1-3H3. The van der Waals surface area contributed by atoms with E-state index in [0.717, 1.165) is 37.6 Å². The summed E-state index contributed by atoms with van der Waals surface area (Å²) in [7, 11) is 2.14. The van der Waals surface area contributed by atoms with Crippen molar-refractivity contribution in [3.8, 4) is 0 Å². The molecule has 0 radical (unpaired) electrons. The van der Waals surface area contributed by atoms with Gasteiger partial charge in [0.1, 0.15) is 0 Å². The molecule has 108 valence electrons. The van der Waals surface area contributed by atoms with Crippen molar-refractivity contribution in [1.82, 2.24) is 15.2 Å². The normalized spacial score (nSPS) is 11.2. The summed E-state index contributed by atoms with van der Waals surface area (Å²) in [5.41, 5.74) is 2.23. The van der Waals surface area contributed by atoms with Crippen molar-refractivity contribution in [2.45, 2.75) is 26.9 Å². The first-order valence-corrected chi connectivity index (χ1v) is 7.82. The third-order valence-electron chi connectivity index (χ3n) is 3.14. The molecule has 0 saturated heterocycles. The predicted molar refractivity (Wildman–Crippen MR) is 86.1 cm³/mol. The first-order valence-electron chi connectivity index (χ1n) is 7.00. The molecule has 0 spiro atoms. The average Bonchev–Trinajstić information content (AvgIpc) is 2.80. The maximum atomic E-state index is 4.53. The van der Waals surface area contributed by atoms with E-state index in [2.05, 4.69) is 53.4 Å². The van der Waals surface area contributed by atoms with Crippen molar-refractivity contribution in [1.29, 1.82) is 0 Å². The van der Waals surface area contributed by atoms with Crippen LogP contribution in [0.1, 0.15) is 21.1 Å². The van der Waals surface area contributed by atoms with Crippen LogP contribution < -0.4 is 5.32 Å². The highest BCUT2D eigenvalue weighted by Crippen LogP contribution is 2.14. The van der Waals surface area contributed by atoms with Gasteiger partial charge in [0.25, 0.3) is 0 Å². The topological polar surface area (TPSA) is 28.2 Å². The van der Waals surface area contributed by atoms with Crippen LogP contribution in [0, 0.1) is 13.8 Å². The number of nitrogens with zero attached hydrogens (tertiary/aromatic N) is 2. The molecule has 0 aliphatic carbocycles. The summed E-state index contributed by atoms with van der Waals surface area (Å²) in [5.74, 6) is 0. The van der Waals surface area contributed by atoms with E-state index in [4.69, 9.17) is 0 Å². The number of nitrogens with one attached hydrogen (secondary N) is 1. The molecule has 2 aromatic rings. The van der Waals surface area contributed by atoms with Gasteiger partial charge in [-0.2, -0.15) is 0 Å². The van der Waals surface area contributed by atoms with Crippen molar-refractivity contribution in [3.63, 3.8) is 0 Å². The van der Waals surface area contributed by atoms with Crippen molar-refractivity contribution >= 4 is 11.3 Å². The number of aromatic nitrogens is 1. The zero-order chi connectivity index (χ0) is 14.4. The number of hydrogen-bond acceptors (Lipinski definition) is 4. The lowest BCUT2D eigenvalue weighted by Crippen LogP contribution is -2.28. The Morgan fingerprint density at radius 2 is 2.05 bits per heavy atom. The Kier molecular flexibility index (Phi) is 5.71. The second-order valence-corrected chi connectivity index (χ2v) is 6.57. The van der Waals surface area contributed by atoms with Crippen LogP contribution in [0.4, 0.5) is 0 Å². The molecule has 0 aliphatic heterocycles. The lowest BCUT2D eigenvalue weighted by atomic mass is 10.3. The average molecular weight is 289 g/mol. The maximum absolute atomic E-state index is 4.53. The highest BCUT2D eigenvalue weighted by Gasteiger charge is 2.02. The molecule has 0 amide bonds. The highest BCUT2D eigenvalue weighted by atomic mass is 32.1. The van der Waals surface area contributed by atoms with Crippen molar-refractivity contribution in [2.24, 2.45) is 0 Å². The van der Waals surface area contributed by atoms with Gasteiger partial charge in [-0.1, -0.05) is 6.07 Å². The zero-order valence-electron chi connectivity index (χ0n) is 12.5. The Hall–Kier alpha value is -1.23. The number of pyridine rings is 1. The van der Waals surface area contributed by atoms with Crippen LogP contribution in [-0.2, 0) is 13.1 Å². The largest absolute Gasteiger partial charge is 0.311 e. The van der Waals surface area contributed by atoms with Crippen LogP contribution in [-0.4, -0.2) is 30.0 Å². The summed E-state index contributed by atoms with van der Waals surface area (Å²) >= 11 is 1.86. The van der Waals surface area contributed by atoms with Crippen molar-refractivity contribution in [3.05, 3.63) is 51.5 Å². The fraction of sp³-hybridized carbons (Fsp3) is 0.438. The Balaban J connectivity index is 1.66. The fourth-order valence-electron chi connectivity index (χ4n) is 2.10. The molecule has 2 aromatic heterocycles. The van der Waals surface area contributed by atoms with E-state index in [1.807, 2.05) is 24.3 Å². The van der Waals surface area contributed by atoms with Crippen LogP contribution in [0.15, 0.2) is 30.3 Å². The lowest BCUT2D eigenvalue weighted by Gasteiger charge is -2.16. The monoisotopic (exact) mass is 289 g/mol. The van der Waals surface area contributed by atoms with Crippen LogP contribution in [0.5, 0.6) is 0 Å². The van der Waals surface area contributed by atoms with Gasteiger partial charge in [-0.05, 0) is 45.2 Å². The van der Waals surface area contributed by atoms with Crippen molar-refractivity contribution < 1.29 is 0 Å². The fourth-order valence-corrected chi connectivity index (χ4v) is 2.96. The van der Waals surface area contributed by atoms with E-state index in [-0.39, 0.29) is 0 Å². The van der Waals surface area contributed by atoms with E-state index >= 15 is 0 Å². The molecular formula is C16H23N3S. The van der Waals surface area contributed by atoms with Gasteiger partial charge in [0.2, 0.25) is 0 Å². The molecule has 1 N–H and O–H groups in total. The molecular weight excluding hydrogens is 266 g/mol. The molecule has 0 fully saturated rings. The van der Waals surface area contributed by atoms with Gasteiger partial charge in [0, 0.05) is 41.6 Å². The quantitative estimate of drug-likeness (QED) is 0.794. The Morgan fingerprint density at radius 3 is 2.75 bits per heavy atom. The zero-order valence-corrected chi connectivity index (χ0v) is 13.3. The Morgan fingerprint density at radius 1 is 1.20 bits per heavy atom. The molecule has 0 saturated carbocycles. The molecule has 0 unspecified atom stereocenters. The van der Waals surface area contributed by atoms with Crippen LogP contribution in [0.25, 0.3) is 0 Å².